The van der Waals surface area contributed by atoms with E-state index in [4.69, 9.17) is 12.2 Å². The number of benzene rings is 1. The summed E-state index contributed by atoms with van der Waals surface area (Å²) in [5.74, 6) is -0.0881. The van der Waals surface area contributed by atoms with Gasteiger partial charge in [0, 0.05) is 31.8 Å². The van der Waals surface area contributed by atoms with E-state index < -0.39 is 0 Å². The second kappa shape index (κ2) is 8.33. The number of likely N-dealkylation sites (tertiary alicyclic amines) is 1. The van der Waals surface area contributed by atoms with Gasteiger partial charge in [-0.25, -0.2) is 0 Å². The van der Waals surface area contributed by atoms with Crippen LogP contribution in [-0.2, 0) is 4.79 Å². The zero-order chi connectivity index (χ0) is 18.7. The number of thiocarbonyl (C=S) groups is 1. The molecule has 2 aliphatic rings. The number of nitrogens with zero attached hydrogens (tertiary/aromatic N) is 2. The summed E-state index contributed by atoms with van der Waals surface area (Å²) in [5.41, 5.74) is 1.50. The predicted molar refractivity (Wildman–Crippen MR) is 108 cm³/mol. The van der Waals surface area contributed by atoms with Crippen molar-refractivity contribution in [2.24, 2.45) is 0 Å². The molecule has 0 saturated carbocycles. The minimum absolute atomic E-state index is 0.00887. The molecule has 0 bridgehead atoms. The minimum atomic E-state index is -0.0969. The van der Waals surface area contributed by atoms with E-state index >= 15 is 0 Å². The van der Waals surface area contributed by atoms with Crippen molar-refractivity contribution in [1.29, 1.82) is 0 Å². The van der Waals surface area contributed by atoms with Crippen molar-refractivity contribution in [2.75, 3.05) is 20.2 Å². The topological polar surface area (TPSA) is 60.9 Å². The molecule has 3 rings (SSSR count). The first-order chi connectivity index (χ1) is 12.5. The molecule has 0 unspecified atom stereocenters. The van der Waals surface area contributed by atoms with Crippen molar-refractivity contribution in [3.63, 3.8) is 0 Å². The van der Waals surface area contributed by atoms with Crippen molar-refractivity contribution < 1.29 is 14.7 Å². The summed E-state index contributed by atoms with van der Waals surface area (Å²) >= 11 is 6.42. The fraction of sp³-hybridized carbons (Fsp3) is 0.421. The number of carbonyl (C=O) groups is 2. The third-order valence-electron chi connectivity index (χ3n) is 4.79. The van der Waals surface area contributed by atoms with E-state index in [1.54, 1.807) is 25.3 Å². The molecule has 1 aromatic carbocycles. The second-order valence-corrected chi connectivity index (χ2v) is 8.20. The Kier molecular flexibility index (Phi) is 6.11. The first-order valence-electron chi connectivity index (χ1n) is 8.74. The molecule has 5 nitrogen and oxygen atoms in total. The lowest BCUT2D eigenvalue weighted by atomic mass is 9.98. The van der Waals surface area contributed by atoms with Crippen LogP contribution in [-0.4, -0.2) is 57.3 Å². The largest absolute Gasteiger partial charge is 0.396 e. The van der Waals surface area contributed by atoms with Crippen molar-refractivity contribution in [1.82, 2.24) is 9.80 Å². The van der Waals surface area contributed by atoms with Crippen LogP contribution >= 0.6 is 24.0 Å². The Morgan fingerprint density at radius 1 is 1.35 bits per heavy atom. The number of aliphatic hydroxyl groups excluding tert-OH is 1. The highest BCUT2D eigenvalue weighted by molar-refractivity contribution is 8.26. The van der Waals surface area contributed by atoms with Crippen LogP contribution in [0.3, 0.4) is 0 Å². The van der Waals surface area contributed by atoms with Crippen LogP contribution < -0.4 is 0 Å². The minimum Gasteiger partial charge on any atom is -0.396 e. The van der Waals surface area contributed by atoms with Gasteiger partial charge in [0.25, 0.3) is 11.8 Å². The van der Waals surface area contributed by atoms with Gasteiger partial charge in [0.15, 0.2) is 0 Å². The number of likely N-dealkylation sites (N-methyl/N-ethyl adjacent to an activating group) is 1. The van der Waals surface area contributed by atoms with Crippen LogP contribution in [0.4, 0.5) is 0 Å². The number of rotatable bonds is 4. The van der Waals surface area contributed by atoms with Gasteiger partial charge in [-0.15, -0.1) is 0 Å². The molecule has 0 spiro atoms. The molecule has 1 atom stereocenters. The smallest absolute Gasteiger partial charge is 0.265 e. The number of amides is 2. The molecular formula is C19H22N2O3S2. The Labute approximate surface area is 163 Å². The van der Waals surface area contributed by atoms with Gasteiger partial charge in [0.2, 0.25) is 0 Å². The van der Waals surface area contributed by atoms with Crippen LogP contribution in [0.2, 0.25) is 0 Å². The van der Waals surface area contributed by atoms with Gasteiger partial charge in [-0.2, -0.15) is 0 Å². The van der Waals surface area contributed by atoms with Crippen molar-refractivity contribution in [3.8, 4) is 0 Å². The first-order valence-corrected chi connectivity index (χ1v) is 9.97. The number of hydrogen-bond donors (Lipinski definition) is 1. The molecule has 2 saturated heterocycles. The summed E-state index contributed by atoms with van der Waals surface area (Å²) in [6, 6.07) is 7.41. The van der Waals surface area contributed by atoms with Gasteiger partial charge >= 0.3 is 0 Å². The third kappa shape index (κ3) is 4.00. The molecular weight excluding hydrogens is 368 g/mol. The summed E-state index contributed by atoms with van der Waals surface area (Å²) < 4.78 is 0.549. The van der Waals surface area contributed by atoms with Crippen LogP contribution in [0.25, 0.3) is 6.08 Å². The fourth-order valence-corrected chi connectivity index (χ4v) is 4.48. The number of thioether (sulfide) groups is 1. The molecule has 26 heavy (non-hydrogen) atoms. The van der Waals surface area contributed by atoms with E-state index in [1.807, 2.05) is 17.0 Å². The van der Waals surface area contributed by atoms with Gasteiger partial charge in [0.1, 0.15) is 4.32 Å². The predicted octanol–water partition coefficient (Wildman–Crippen LogP) is 2.89. The maximum absolute atomic E-state index is 12.8. The summed E-state index contributed by atoms with van der Waals surface area (Å²) in [5, 5.41) is 9.23. The molecule has 2 fully saturated rings. The Hall–Kier alpha value is -1.70. The molecule has 1 N–H and O–H groups in total. The second-order valence-electron chi connectivity index (χ2n) is 6.52. The van der Waals surface area contributed by atoms with E-state index in [9.17, 15) is 14.7 Å². The molecule has 0 aromatic heterocycles. The molecule has 7 heteroatoms. The van der Waals surface area contributed by atoms with Gasteiger partial charge in [-0.1, -0.05) is 36.1 Å². The maximum Gasteiger partial charge on any atom is 0.265 e. The molecule has 2 amide bonds. The highest BCUT2D eigenvalue weighted by atomic mass is 32.2. The third-order valence-corrected chi connectivity index (χ3v) is 6.28. The first kappa shape index (κ1) is 19.1. The number of piperidine rings is 1. The van der Waals surface area contributed by atoms with E-state index in [1.165, 1.54) is 16.7 Å². The van der Waals surface area contributed by atoms with Crippen molar-refractivity contribution in [2.45, 2.75) is 31.7 Å². The normalized spacial score (nSPS) is 22.4. The Morgan fingerprint density at radius 2 is 2.08 bits per heavy atom. The quantitative estimate of drug-likeness (QED) is 0.633. The summed E-state index contributed by atoms with van der Waals surface area (Å²) in [4.78, 5) is 28.8. The Morgan fingerprint density at radius 3 is 2.69 bits per heavy atom. The molecule has 2 heterocycles. The lowest BCUT2D eigenvalue weighted by molar-refractivity contribution is -0.121. The van der Waals surface area contributed by atoms with Gasteiger partial charge in [-0.05, 0) is 49.5 Å². The summed E-state index contributed by atoms with van der Waals surface area (Å²) in [6.45, 7) is 0.840. The van der Waals surface area contributed by atoms with Crippen molar-refractivity contribution >= 4 is 46.2 Å². The van der Waals surface area contributed by atoms with Crippen LogP contribution in [0, 0.1) is 0 Å². The average Bonchev–Trinajstić information content (AvgIpc) is 2.89. The molecule has 1 aromatic rings. The lowest BCUT2D eigenvalue weighted by Crippen LogP contribution is -2.44. The molecule has 138 valence electrons. The summed E-state index contributed by atoms with van der Waals surface area (Å²) in [6.07, 6.45) is 5.48. The number of hydrogen-bond acceptors (Lipinski definition) is 5. The fourth-order valence-electron chi connectivity index (χ4n) is 3.30. The van der Waals surface area contributed by atoms with Crippen LogP contribution in [0.1, 0.15) is 41.6 Å². The van der Waals surface area contributed by atoms with Gasteiger partial charge in [0.05, 0.1) is 4.91 Å². The van der Waals surface area contributed by atoms with Crippen LogP contribution in [0.15, 0.2) is 29.2 Å². The average molecular weight is 391 g/mol. The monoisotopic (exact) mass is 390 g/mol. The molecule has 0 radical (unpaired) electrons. The Balaban J connectivity index is 1.74. The van der Waals surface area contributed by atoms with E-state index in [0.29, 0.717) is 21.2 Å². The molecule has 0 aliphatic carbocycles. The highest BCUT2D eigenvalue weighted by Crippen LogP contribution is 2.31. The highest BCUT2D eigenvalue weighted by Gasteiger charge is 2.29. The lowest BCUT2D eigenvalue weighted by Gasteiger charge is -2.35. The van der Waals surface area contributed by atoms with E-state index in [-0.39, 0.29) is 24.5 Å². The van der Waals surface area contributed by atoms with Crippen LogP contribution in [0.5, 0.6) is 0 Å². The molecule has 2 aliphatic heterocycles. The Bertz CT molecular complexity index is 744. The van der Waals surface area contributed by atoms with Crippen molar-refractivity contribution in [3.05, 3.63) is 40.3 Å². The number of carbonyl (C=O) groups excluding carboxylic acids is 2. The standard InChI is InChI=1S/C19H22N2O3S2/c1-20-18(24)16(26-19(20)25)12-13-5-7-14(8-6-13)17(23)21-10-3-2-4-15(21)9-11-22/h5-8,12,15,22H,2-4,9-11H2,1H3/b16-12-/t15-/m0/s1. The van der Waals surface area contributed by atoms with Gasteiger partial charge in [-0.3, -0.25) is 14.5 Å². The van der Waals surface area contributed by atoms with Gasteiger partial charge < -0.3 is 10.0 Å². The van der Waals surface area contributed by atoms with E-state index in [0.717, 1.165) is 31.4 Å². The number of aliphatic hydroxyl groups is 1. The SMILES string of the molecule is CN1C(=O)/C(=C/c2ccc(C(=O)N3CCCC[C@H]3CCO)cc2)SC1=S. The maximum atomic E-state index is 12.8. The zero-order valence-corrected chi connectivity index (χ0v) is 16.3. The zero-order valence-electron chi connectivity index (χ0n) is 14.7. The van der Waals surface area contributed by atoms with E-state index in [2.05, 4.69) is 0 Å². The summed E-state index contributed by atoms with van der Waals surface area (Å²) in [7, 11) is 1.67.